The minimum Gasteiger partial charge on any atom is -0.318 e. The van der Waals surface area contributed by atoms with Crippen LogP contribution in [0.3, 0.4) is 0 Å². The largest absolute Gasteiger partial charge is 0.344 e. The molecular formula is C19H19N7O3S. The number of amides is 4. The molecule has 4 amide bonds. The minimum absolute atomic E-state index is 0.0623. The van der Waals surface area contributed by atoms with E-state index in [1.54, 1.807) is 35.6 Å². The Bertz CT molecular complexity index is 1160. The molecular weight excluding hydrogens is 406 g/mol. The number of fused-ring (bicyclic) bond motifs is 1. The Morgan fingerprint density at radius 3 is 2.67 bits per heavy atom. The van der Waals surface area contributed by atoms with Crippen LogP contribution in [0.2, 0.25) is 0 Å². The Hall–Kier alpha value is -3.47. The Kier molecular flexibility index (Phi) is 4.90. The van der Waals surface area contributed by atoms with Gasteiger partial charge in [-0.2, -0.15) is 5.01 Å². The third-order valence-corrected chi connectivity index (χ3v) is 5.70. The quantitative estimate of drug-likeness (QED) is 0.467. The molecule has 1 saturated heterocycles. The first-order valence-corrected chi connectivity index (χ1v) is 10.1. The SMILES string of the molecule is Cc1cc(C)n2c(SCC(=O)NN3C(=O)N[C@](C)(c4ccccc4)C3=O)nnc2n1. The number of imide groups is 1. The van der Waals surface area contributed by atoms with Gasteiger partial charge in [0.1, 0.15) is 5.54 Å². The molecule has 10 nitrogen and oxygen atoms in total. The summed E-state index contributed by atoms with van der Waals surface area (Å²) in [6.45, 7) is 5.36. The third-order valence-electron chi connectivity index (χ3n) is 4.77. The van der Waals surface area contributed by atoms with Crippen molar-refractivity contribution in [2.45, 2.75) is 31.5 Å². The van der Waals surface area contributed by atoms with Gasteiger partial charge in [-0.25, -0.2) is 9.78 Å². The highest BCUT2D eigenvalue weighted by atomic mass is 32.2. The average molecular weight is 425 g/mol. The summed E-state index contributed by atoms with van der Waals surface area (Å²) in [6, 6.07) is 10.1. The van der Waals surface area contributed by atoms with E-state index in [0.717, 1.165) is 23.1 Å². The normalized spacial score (nSPS) is 18.7. The van der Waals surface area contributed by atoms with Crippen molar-refractivity contribution >= 4 is 35.4 Å². The molecule has 11 heteroatoms. The van der Waals surface area contributed by atoms with Gasteiger partial charge in [0, 0.05) is 11.4 Å². The number of thioether (sulfide) groups is 1. The van der Waals surface area contributed by atoms with Gasteiger partial charge in [-0.05, 0) is 32.4 Å². The number of carbonyl (C=O) groups excluding carboxylic acids is 3. The molecule has 0 bridgehead atoms. The number of aryl methyl sites for hydroxylation is 2. The molecule has 0 saturated carbocycles. The summed E-state index contributed by atoms with van der Waals surface area (Å²) in [5.74, 6) is -0.688. The number of aromatic nitrogens is 4. The summed E-state index contributed by atoms with van der Waals surface area (Å²) in [7, 11) is 0. The van der Waals surface area contributed by atoms with Gasteiger partial charge in [-0.3, -0.25) is 19.4 Å². The second kappa shape index (κ2) is 7.41. The fourth-order valence-electron chi connectivity index (χ4n) is 3.29. The van der Waals surface area contributed by atoms with Crippen molar-refractivity contribution in [2.75, 3.05) is 5.75 Å². The summed E-state index contributed by atoms with van der Waals surface area (Å²) >= 11 is 1.13. The zero-order valence-corrected chi connectivity index (χ0v) is 17.4. The van der Waals surface area contributed by atoms with Gasteiger partial charge in [0.25, 0.3) is 11.7 Å². The number of urea groups is 1. The highest BCUT2D eigenvalue weighted by Crippen LogP contribution is 2.27. The van der Waals surface area contributed by atoms with Crippen LogP contribution < -0.4 is 10.7 Å². The highest BCUT2D eigenvalue weighted by molar-refractivity contribution is 7.99. The van der Waals surface area contributed by atoms with E-state index in [-0.39, 0.29) is 5.75 Å². The summed E-state index contributed by atoms with van der Waals surface area (Å²) in [6.07, 6.45) is 0. The van der Waals surface area contributed by atoms with Crippen LogP contribution in [0.5, 0.6) is 0 Å². The maximum Gasteiger partial charge on any atom is 0.344 e. The zero-order valence-electron chi connectivity index (χ0n) is 16.5. The fraction of sp³-hybridized carbons (Fsp3) is 0.263. The lowest BCUT2D eigenvalue weighted by Gasteiger charge is -2.22. The first-order chi connectivity index (χ1) is 14.3. The van der Waals surface area contributed by atoms with Crippen molar-refractivity contribution in [2.24, 2.45) is 0 Å². The molecule has 1 aliphatic heterocycles. The molecule has 1 aliphatic rings. The van der Waals surface area contributed by atoms with Gasteiger partial charge >= 0.3 is 6.03 Å². The van der Waals surface area contributed by atoms with Crippen molar-refractivity contribution < 1.29 is 14.4 Å². The van der Waals surface area contributed by atoms with Crippen LogP contribution in [-0.4, -0.2) is 48.2 Å². The molecule has 2 N–H and O–H groups in total. The van der Waals surface area contributed by atoms with Crippen molar-refractivity contribution in [1.82, 2.24) is 35.3 Å². The topological polar surface area (TPSA) is 122 Å². The van der Waals surface area contributed by atoms with E-state index in [4.69, 9.17) is 0 Å². The van der Waals surface area contributed by atoms with Crippen LogP contribution in [0.15, 0.2) is 41.6 Å². The molecule has 0 radical (unpaired) electrons. The van der Waals surface area contributed by atoms with Crippen molar-refractivity contribution in [3.05, 3.63) is 53.3 Å². The lowest BCUT2D eigenvalue weighted by Crippen LogP contribution is -2.48. The van der Waals surface area contributed by atoms with E-state index >= 15 is 0 Å². The average Bonchev–Trinajstić information content (AvgIpc) is 3.22. The number of carbonyl (C=O) groups is 3. The molecule has 30 heavy (non-hydrogen) atoms. The van der Waals surface area contributed by atoms with Crippen molar-refractivity contribution in [3.63, 3.8) is 0 Å². The minimum atomic E-state index is -1.25. The van der Waals surface area contributed by atoms with Crippen LogP contribution in [0.1, 0.15) is 23.9 Å². The molecule has 1 fully saturated rings. The molecule has 3 heterocycles. The van der Waals surface area contributed by atoms with Gasteiger partial charge < -0.3 is 5.32 Å². The van der Waals surface area contributed by atoms with Gasteiger partial charge in [-0.15, -0.1) is 10.2 Å². The lowest BCUT2D eigenvalue weighted by atomic mass is 9.92. The summed E-state index contributed by atoms with van der Waals surface area (Å²) < 4.78 is 1.74. The van der Waals surface area contributed by atoms with E-state index < -0.39 is 23.4 Å². The Balaban J connectivity index is 1.45. The summed E-state index contributed by atoms with van der Waals surface area (Å²) in [4.78, 5) is 41.9. The molecule has 154 valence electrons. The second-order valence-electron chi connectivity index (χ2n) is 7.04. The van der Waals surface area contributed by atoms with E-state index in [2.05, 4.69) is 25.9 Å². The molecule has 0 aliphatic carbocycles. The molecule has 1 atom stereocenters. The van der Waals surface area contributed by atoms with Crippen LogP contribution in [0, 0.1) is 13.8 Å². The summed E-state index contributed by atoms with van der Waals surface area (Å²) in [5.41, 5.74) is 3.46. The zero-order chi connectivity index (χ0) is 21.5. The number of nitrogens with one attached hydrogen (secondary N) is 2. The smallest absolute Gasteiger partial charge is 0.318 e. The Morgan fingerprint density at radius 1 is 1.20 bits per heavy atom. The summed E-state index contributed by atoms with van der Waals surface area (Å²) in [5, 5.41) is 11.9. The second-order valence-corrected chi connectivity index (χ2v) is 7.98. The number of hydrogen-bond acceptors (Lipinski definition) is 7. The third kappa shape index (κ3) is 3.36. The maximum absolute atomic E-state index is 12.8. The van der Waals surface area contributed by atoms with E-state index in [1.165, 1.54) is 0 Å². The predicted octanol–water partition coefficient (Wildman–Crippen LogP) is 1.33. The number of rotatable bonds is 5. The van der Waals surface area contributed by atoms with E-state index in [0.29, 0.717) is 21.5 Å². The monoisotopic (exact) mass is 425 g/mol. The van der Waals surface area contributed by atoms with Crippen LogP contribution in [0.4, 0.5) is 4.79 Å². The molecule has 3 aromatic rings. The van der Waals surface area contributed by atoms with Gasteiger partial charge in [0.2, 0.25) is 5.91 Å². The van der Waals surface area contributed by atoms with Crippen LogP contribution >= 0.6 is 11.8 Å². The Labute approximate surface area is 176 Å². The van der Waals surface area contributed by atoms with Gasteiger partial charge in [0.05, 0.1) is 5.75 Å². The number of hydrazine groups is 1. The highest BCUT2D eigenvalue weighted by Gasteiger charge is 2.49. The molecule has 1 aromatic carbocycles. The number of hydrogen-bond donors (Lipinski definition) is 2. The number of nitrogens with zero attached hydrogens (tertiary/aromatic N) is 5. The first kappa shape index (κ1) is 19.8. The molecule has 0 spiro atoms. The lowest BCUT2D eigenvalue weighted by molar-refractivity contribution is -0.138. The molecule has 4 rings (SSSR count). The van der Waals surface area contributed by atoms with E-state index in [1.807, 2.05) is 26.0 Å². The molecule has 2 aromatic heterocycles. The standard InChI is InChI=1S/C19H19N7O3S/c1-11-9-12(2)25-16(20-11)22-23-18(25)30-10-14(27)24-26-15(28)19(3,21-17(26)29)13-7-5-4-6-8-13/h4-9H,10H2,1-3H3,(H,21,29)(H,24,27)/t19-/m1/s1. The maximum atomic E-state index is 12.8. The van der Waals surface area contributed by atoms with Crippen LogP contribution in [0.25, 0.3) is 5.78 Å². The first-order valence-electron chi connectivity index (χ1n) is 9.13. The van der Waals surface area contributed by atoms with Crippen molar-refractivity contribution in [3.8, 4) is 0 Å². The molecule has 0 unspecified atom stereocenters. The van der Waals surface area contributed by atoms with Gasteiger partial charge in [-0.1, -0.05) is 42.1 Å². The van der Waals surface area contributed by atoms with Gasteiger partial charge in [0.15, 0.2) is 5.16 Å². The van der Waals surface area contributed by atoms with E-state index in [9.17, 15) is 14.4 Å². The number of benzene rings is 1. The van der Waals surface area contributed by atoms with Crippen LogP contribution in [-0.2, 0) is 15.1 Å². The fourth-order valence-corrected chi connectivity index (χ4v) is 4.07. The van der Waals surface area contributed by atoms with Crippen molar-refractivity contribution in [1.29, 1.82) is 0 Å². The Morgan fingerprint density at radius 2 is 1.93 bits per heavy atom. The predicted molar refractivity (Wildman–Crippen MR) is 108 cm³/mol.